The summed E-state index contributed by atoms with van der Waals surface area (Å²) in [5.74, 6) is -2.07. The normalized spacial score (nSPS) is 10.6. The fourth-order valence-corrected chi connectivity index (χ4v) is 2.03. The number of carboxylic acids is 1. The highest BCUT2D eigenvalue weighted by Crippen LogP contribution is 2.14. The predicted octanol–water partition coefficient (Wildman–Crippen LogP) is 1.32. The first-order chi connectivity index (χ1) is 11.0. The molecule has 0 aliphatic heterocycles. The van der Waals surface area contributed by atoms with Gasteiger partial charge in [-0.1, -0.05) is 12.1 Å². The summed E-state index contributed by atoms with van der Waals surface area (Å²) in [5, 5.41) is 11.3. The second kappa shape index (κ2) is 7.08. The van der Waals surface area contributed by atoms with Crippen LogP contribution in [0.1, 0.15) is 16.1 Å². The summed E-state index contributed by atoms with van der Waals surface area (Å²) in [5.41, 5.74) is 6.39. The minimum Gasteiger partial charge on any atom is -0.478 e. The van der Waals surface area contributed by atoms with Gasteiger partial charge in [0.15, 0.2) is 0 Å². The van der Waals surface area contributed by atoms with Gasteiger partial charge in [-0.2, -0.15) is 0 Å². The van der Waals surface area contributed by atoms with Crippen molar-refractivity contribution in [2.75, 3.05) is 5.32 Å². The maximum Gasteiger partial charge on any atom is 0.328 e. The monoisotopic (exact) mass is 313 g/mol. The van der Waals surface area contributed by atoms with Gasteiger partial charge in [-0.3, -0.25) is 9.59 Å². The van der Waals surface area contributed by atoms with Crippen LogP contribution in [0.5, 0.6) is 0 Å². The summed E-state index contributed by atoms with van der Waals surface area (Å²) in [6.07, 6.45) is 4.04. The average molecular weight is 313 g/mol. The van der Waals surface area contributed by atoms with E-state index in [2.05, 4.69) is 5.32 Å². The van der Waals surface area contributed by atoms with Crippen molar-refractivity contribution in [2.24, 2.45) is 5.73 Å². The lowest BCUT2D eigenvalue weighted by Gasteiger charge is -2.10. The number of aromatic nitrogens is 1. The molecule has 2 amide bonds. The molecular formula is C16H15N3O4. The minimum atomic E-state index is -1.07. The van der Waals surface area contributed by atoms with Gasteiger partial charge in [0.2, 0.25) is 5.91 Å². The Kier molecular flexibility index (Phi) is 4.93. The molecule has 0 aliphatic rings. The Morgan fingerprint density at radius 2 is 1.91 bits per heavy atom. The first-order valence-electron chi connectivity index (χ1n) is 6.72. The number of nitrogens with two attached hydrogens (primary N) is 1. The van der Waals surface area contributed by atoms with E-state index in [1.165, 1.54) is 12.1 Å². The molecular weight excluding hydrogens is 298 g/mol. The molecule has 23 heavy (non-hydrogen) atoms. The van der Waals surface area contributed by atoms with E-state index in [0.29, 0.717) is 11.4 Å². The first-order valence-corrected chi connectivity index (χ1v) is 6.72. The van der Waals surface area contributed by atoms with Crippen LogP contribution < -0.4 is 11.1 Å². The third-order valence-electron chi connectivity index (χ3n) is 3.04. The quantitative estimate of drug-likeness (QED) is 0.698. The number of carboxylic acid groups (broad SMARTS) is 1. The van der Waals surface area contributed by atoms with Crippen LogP contribution in [-0.4, -0.2) is 27.5 Å². The van der Waals surface area contributed by atoms with Crippen LogP contribution in [-0.2, 0) is 16.1 Å². The Morgan fingerprint density at radius 3 is 2.61 bits per heavy atom. The van der Waals surface area contributed by atoms with Crippen LogP contribution >= 0.6 is 0 Å². The first kappa shape index (κ1) is 16.0. The largest absolute Gasteiger partial charge is 0.478 e. The second-order valence-corrected chi connectivity index (χ2v) is 4.69. The number of nitrogens with zero attached hydrogens (tertiary/aromatic N) is 1. The molecule has 0 unspecified atom stereocenters. The third kappa shape index (κ3) is 4.31. The molecule has 118 valence electrons. The van der Waals surface area contributed by atoms with Gasteiger partial charge in [-0.05, 0) is 30.3 Å². The summed E-state index contributed by atoms with van der Waals surface area (Å²) in [4.78, 5) is 34.0. The number of nitrogens with one attached hydrogen (secondary N) is 1. The van der Waals surface area contributed by atoms with E-state index in [9.17, 15) is 14.4 Å². The Bertz CT molecular complexity index is 777. The number of amides is 2. The zero-order chi connectivity index (χ0) is 16.8. The van der Waals surface area contributed by atoms with E-state index in [-0.39, 0.29) is 18.0 Å². The number of carbonyl (C=O) groups excluding carboxylic acids is 2. The van der Waals surface area contributed by atoms with Crippen LogP contribution in [0.25, 0.3) is 6.08 Å². The number of para-hydroxylation sites is 1. The summed E-state index contributed by atoms with van der Waals surface area (Å²) in [6.45, 7) is -0.0284. The highest BCUT2D eigenvalue weighted by atomic mass is 16.4. The molecule has 0 saturated carbocycles. The van der Waals surface area contributed by atoms with Crippen molar-refractivity contribution in [3.63, 3.8) is 0 Å². The van der Waals surface area contributed by atoms with Crippen LogP contribution in [0.4, 0.5) is 5.69 Å². The summed E-state index contributed by atoms with van der Waals surface area (Å²) in [7, 11) is 0. The van der Waals surface area contributed by atoms with Crippen LogP contribution in [0.15, 0.2) is 48.7 Å². The number of aliphatic carboxylic acids is 1. The van der Waals surface area contributed by atoms with Gasteiger partial charge in [0.1, 0.15) is 6.54 Å². The number of hydrogen-bond donors (Lipinski definition) is 3. The van der Waals surface area contributed by atoms with E-state index in [1.807, 2.05) is 0 Å². The van der Waals surface area contributed by atoms with Gasteiger partial charge in [0, 0.05) is 18.0 Å². The Hall–Kier alpha value is -3.35. The lowest BCUT2D eigenvalue weighted by molar-refractivity contribution is -0.131. The molecule has 0 saturated heterocycles. The van der Waals surface area contributed by atoms with Crippen molar-refractivity contribution in [3.8, 4) is 0 Å². The van der Waals surface area contributed by atoms with E-state index in [0.717, 1.165) is 6.08 Å². The number of primary amides is 1. The maximum absolute atomic E-state index is 12.1. The molecule has 0 spiro atoms. The van der Waals surface area contributed by atoms with Crippen LogP contribution in [0.2, 0.25) is 0 Å². The van der Waals surface area contributed by atoms with Crippen LogP contribution in [0.3, 0.4) is 0 Å². The van der Waals surface area contributed by atoms with E-state index in [4.69, 9.17) is 10.8 Å². The van der Waals surface area contributed by atoms with Crippen molar-refractivity contribution in [2.45, 2.75) is 6.54 Å². The van der Waals surface area contributed by atoms with Gasteiger partial charge in [0.05, 0.1) is 11.3 Å². The van der Waals surface area contributed by atoms with Gasteiger partial charge < -0.3 is 20.7 Å². The zero-order valence-electron chi connectivity index (χ0n) is 12.1. The molecule has 7 heteroatoms. The van der Waals surface area contributed by atoms with Gasteiger partial charge in [-0.15, -0.1) is 0 Å². The predicted molar refractivity (Wildman–Crippen MR) is 84.7 cm³/mol. The molecule has 0 radical (unpaired) electrons. The summed E-state index contributed by atoms with van der Waals surface area (Å²) >= 11 is 0. The van der Waals surface area contributed by atoms with Crippen LogP contribution in [0, 0.1) is 0 Å². The average Bonchev–Trinajstić information content (AvgIpc) is 2.92. The molecule has 0 fully saturated rings. The third-order valence-corrected chi connectivity index (χ3v) is 3.04. The summed E-state index contributed by atoms with van der Waals surface area (Å²) < 4.78 is 1.58. The molecule has 0 atom stereocenters. The number of anilines is 1. The van der Waals surface area contributed by atoms with E-state index < -0.39 is 11.9 Å². The number of rotatable bonds is 6. The highest BCUT2D eigenvalue weighted by molar-refractivity contribution is 6.03. The highest BCUT2D eigenvalue weighted by Gasteiger charge is 2.11. The lowest BCUT2D eigenvalue weighted by Crippen LogP contribution is -2.21. The molecule has 1 aromatic carbocycles. The molecule has 0 bridgehead atoms. The lowest BCUT2D eigenvalue weighted by atomic mass is 10.1. The fourth-order valence-electron chi connectivity index (χ4n) is 2.03. The Labute approximate surface area is 132 Å². The Balaban J connectivity index is 2.11. The Morgan fingerprint density at radius 1 is 1.17 bits per heavy atom. The van der Waals surface area contributed by atoms with Gasteiger partial charge in [0.25, 0.3) is 5.91 Å². The molecule has 2 aromatic rings. The van der Waals surface area contributed by atoms with E-state index in [1.54, 1.807) is 41.1 Å². The molecule has 4 N–H and O–H groups in total. The fraction of sp³-hybridized carbons (Fsp3) is 0.0625. The number of hydrogen-bond acceptors (Lipinski definition) is 3. The van der Waals surface area contributed by atoms with Gasteiger partial charge in [-0.25, -0.2) is 4.79 Å². The topological polar surface area (TPSA) is 114 Å². The number of carbonyl (C=O) groups is 3. The molecule has 2 rings (SSSR count). The standard InChI is InChI=1S/C16H15N3O4/c17-16(23)12-5-1-2-6-13(12)18-14(20)10-19-9-3-4-11(19)7-8-15(21)22/h1-9H,10H2,(H2,17,23)(H,18,20)(H,21,22)/b8-7+. The van der Waals surface area contributed by atoms with Crippen molar-refractivity contribution in [3.05, 3.63) is 59.9 Å². The minimum absolute atomic E-state index is 0.0284. The SMILES string of the molecule is NC(=O)c1ccccc1NC(=O)Cn1cccc1/C=C/C(=O)O. The molecule has 1 aromatic heterocycles. The van der Waals surface area contributed by atoms with Crippen molar-refractivity contribution >= 4 is 29.5 Å². The number of benzene rings is 1. The van der Waals surface area contributed by atoms with Gasteiger partial charge >= 0.3 is 5.97 Å². The smallest absolute Gasteiger partial charge is 0.328 e. The van der Waals surface area contributed by atoms with Crippen molar-refractivity contribution in [1.82, 2.24) is 4.57 Å². The maximum atomic E-state index is 12.1. The van der Waals surface area contributed by atoms with Crippen molar-refractivity contribution in [1.29, 1.82) is 0 Å². The molecule has 7 nitrogen and oxygen atoms in total. The van der Waals surface area contributed by atoms with E-state index >= 15 is 0 Å². The second-order valence-electron chi connectivity index (χ2n) is 4.69. The molecule has 0 aliphatic carbocycles. The van der Waals surface area contributed by atoms with Crippen molar-refractivity contribution < 1.29 is 19.5 Å². The zero-order valence-corrected chi connectivity index (χ0v) is 12.1. The summed E-state index contributed by atoms with van der Waals surface area (Å²) in [6, 6.07) is 9.82. The molecule has 1 heterocycles.